The molecule has 1 atom stereocenters. The molecule has 1 aliphatic carbocycles. The fourth-order valence-electron chi connectivity index (χ4n) is 1.10. The second-order valence-corrected chi connectivity index (χ2v) is 7.51. The van der Waals surface area contributed by atoms with E-state index in [4.69, 9.17) is 0 Å². The monoisotopic (exact) mass is 365 g/mol. The minimum atomic E-state index is -0.740. The van der Waals surface area contributed by atoms with Crippen LogP contribution in [-0.2, 0) is 17.1 Å². The number of hydrogen-bond donors (Lipinski definition) is 0. The quantitative estimate of drug-likeness (QED) is 0.286. The Morgan fingerprint density at radius 2 is 1.79 bits per heavy atom. The third kappa shape index (κ3) is 6.66. The number of rotatable bonds is 0. The minimum Gasteiger partial charge on any atom is -0.347 e. The first-order valence-corrected chi connectivity index (χ1v) is 8.71. The van der Waals surface area contributed by atoms with Gasteiger partial charge >= 0.3 is 17.1 Å². The largest absolute Gasteiger partial charge is 2.00 e. The smallest absolute Gasteiger partial charge is 0.347 e. The fourth-order valence-corrected chi connectivity index (χ4v) is 5.12. The van der Waals surface area contributed by atoms with E-state index in [0.717, 1.165) is 25.6 Å². The summed E-state index contributed by atoms with van der Waals surface area (Å²) < 4.78 is 12.5. The van der Waals surface area contributed by atoms with E-state index in [-0.39, 0.29) is 17.1 Å². The van der Waals surface area contributed by atoms with Crippen LogP contribution in [0.2, 0.25) is 0 Å². The van der Waals surface area contributed by atoms with Crippen LogP contribution in [0.5, 0.6) is 0 Å². The summed E-state index contributed by atoms with van der Waals surface area (Å²) >= 11 is 0. The number of allylic oxidation sites excluding steroid dienone is 4. The van der Waals surface area contributed by atoms with Crippen molar-refractivity contribution < 1.29 is 17.1 Å². The van der Waals surface area contributed by atoms with Gasteiger partial charge in [0.05, 0.1) is 0 Å². The van der Waals surface area contributed by atoms with Gasteiger partial charge in [-0.3, -0.25) is 0 Å². The standard InChI is InChI=1S/C5H4N4P4.C5H5.Fe/c1-2-4-5(3-1)13-8-11-6-10-7-12-9-13;1-2-4-5-3-1;/h1-4H;1-5H;/q;-1;+2. The molecule has 19 heavy (non-hydrogen) atoms. The van der Waals surface area contributed by atoms with Crippen molar-refractivity contribution in [3.8, 4) is 0 Å². The van der Waals surface area contributed by atoms with Gasteiger partial charge in [0.25, 0.3) is 0 Å². The molecular formula is C10H9FeN4P4+. The first-order valence-electron chi connectivity index (χ1n) is 5.07. The molecule has 0 N–H and O–H groups in total. The van der Waals surface area contributed by atoms with Gasteiger partial charge in [-0.2, -0.15) is 22.7 Å². The summed E-state index contributed by atoms with van der Waals surface area (Å²) in [5.74, 6) is 0. The zero-order chi connectivity index (χ0) is 12.5. The maximum atomic E-state index is 4.36. The molecule has 0 radical (unpaired) electrons. The van der Waals surface area contributed by atoms with Crippen LogP contribution in [0, 0.1) is 0 Å². The van der Waals surface area contributed by atoms with Gasteiger partial charge in [-0.15, -0.1) is 0 Å². The molecule has 0 amide bonds. The second kappa shape index (κ2) is 10.6. The van der Waals surface area contributed by atoms with Gasteiger partial charge < -0.3 is 4.86 Å². The van der Waals surface area contributed by atoms with Crippen LogP contribution in [-0.4, -0.2) is 5.29 Å². The summed E-state index contributed by atoms with van der Waals surface area (Å²) in [6, 6.07) is 10.0. The van der Waals surface area contributed by atoms with E-state index in [0.29, 0.717) is 0 Å². The van der Waals surface area contributed by atoms with Crippen LogP contribution in [0.25, 0.3) is 4.86 Å². The fraction of sp³-hybridized carbons (Fsp3) is 0. The van der Waals surface area contributed by atoms with Crippen molar-refractivity contribution in [3.63, 3.8) is 0 Å². The average Bonchev–Trinajstić information content (AvgIpc) is 3.05. The van der Waals surface area contributed by atoms with E-state index in [9.17, 15) is 0 Å². The number of nitrogens with zero attached hydrogens (tertiary/aromatic N) is 4. The topological polar surface area (TPSA) is 51.2 Å². The maximum absolute atomic E-state index is 4.36. The first-order chi connectivity index (χ1) is 8.97. The zero-order valence-electron chi connectivity index (χ0n) is 9.63. The third-order valence-electron chi connectivity index (χ3n) is 1.84. The molecule has 1 unspecified atom stereocenters. The molecule has 1 aromatic carbocycles. The molecule has 0 aromatic heterocycles. The van der Waals surface area contributed by atoms with Crippen molar-refractivity contribution in [2.75, 3.05) is 0 Å². The predicted octanol–water partition coefficient (Wildman–Crippen LogP) is 6.52. The van der Waals surface area contributed by atoms with Crippen LogP contribution in [0.4, 0.5) is 0 Å². The molecule has 0 saturated heterocycles. The van der Waals surface area contributed by atoms with E-state index >= 15 is 0 Å². The Morgan fingerprint density at radius 1 is 1.05 bits per heavy atom. The van der Waals surface area contributed by atoms with E-state index in [2.05, 4.69) is 18.4 Å². The van der Waals surface area contributed by atoms with E-state index in [1.807, 2.05) is 54.6 Å². The van der Waals surface area contributed by atoms with E-state index < -0.39 is 7.85 Å². The van der Waals surface area contributed by atoms with Gasteiger partial charge in [0, 0.05) is 0 Å². The van der Waals surface area contributed by atoms with Crippen molar-refractivity contribution in [2.45, 2.75) is 0 Å². The molecule has 0 saturated carbocycles. The molecule has 2 aliphatic rings. The third-order valence-corrected chi connectivity index (χ3v) is 5.88. The zero-order valence-corrected chi connectivity index (χ0v) is 14.3. The van der Waals surface area contributed by atoms with Crippen molar-refractivity contribution in [2.24, 2.45) is 13.5 Å². The molecule has 0 bridgehead atoms. The van der Waals surface area contributed by atoms with Crippen LogP contribution in [0.15, 0.2) is 68.2 Å². The molecule has 1 aliphatic heterocycles. The van der Waals surface area contributed by atoms with Gasteiger partial charge in [0.1, 0.15) is 0 Å². The summed E-state index contributed by atoms with van der Waals surface area (Å²) in [4.78, 5) is 4.36. The van der Waals surface area contributed by atoms with E-state index in [1.165, 1.54) is 5.29 Å². The van der Waals surface area contributed by atoms with Gasteiger partial charge in [-0.25, -0.2) is 16.6 Å². The van der Waals surface area contributed by atoms with E-state index in [1.54, 1.807) is 0 Å². The van der Waals surface area contributed by atoms with Crippen LogP contribution >= 0.6 is 33.4 Å². The first kappa shape index (κ1) is 16.8. The molecular weight excluding hydrogens is 356 g/mol. The Kier molecular flexibility index (Phi) is 9.35. The van der Waals surface area contributed by atoms with Gasteiger partial charge in [-0.1, -0.05) is 20.7 Å². The Hall–Kier alpha value is -0.221. The summed E-state index contributed by atoms with van der Waals surface area (Å²) in [6.45, 7) is 0. The van der Waals surface area contributed by atoms with Crippen molar-refractivity contribution in [3.05, 3.63) is 59.5 Å². The molecule has 0 fully saturated rings. The second-order valence-electron chi connectivity index (χ2n) is 3.02. The molecule has 0 spiro atoms. The normalized spacial score (nSPS) is 20.0. The Labute approximate surface area is 129 Å². The van der Waals surface area contributed by atoms with Crippen LogP contribution < -0.4 is 0 Å². The SMILES string of the molecule is C1=CC(=[P+]2N=PN=PN=P[N-]2)C=C1.[Fe+2].c1cc[cH-]c1. The van der Waals surface area contributed by atoms with Gasteiger partial charge in [-0.05, 0) is 16.7 Å². The average molecular weight is 365 g/mol. The molecule has 1 heterocycles. The minimum absolute atomic E-state index is 0. The molecule has 1 aromatic rings. The van der Waals surface area contributed by atoms with Gasteiger partial charge in [0.2, 0.25) is 8.52 Å². The summed E-state index contributed by atoms with van der Waals surface area (Å²) in [5.41, 5.74) is 0. The maximum Gasteiger partial charge on any atom is 2.00 e. The number of hydrogen-bond acceptors (Lipinski definition) is 3. The molecule has 96 valence electrons. The van der Waals surface area contributed by atoms with Crippen LogP contribution in [0.1, 0.15) is 0 Å². The molecule has 3 rings (SSSR count). The Morgan fingerprint density at radius 3 is 2.42 bits per heavy atom. The van der Waals surface area contributed by atoms with Crippen LogP contribution in [0.3, 0.4) is 0 Å². The van der Waals surface area contributed by atoms with Crippen molar-refractivity contribution in [1.82, 2.24) is 0 Å². The summed E-state index contributed by atoms with van der Waals surface area (Å²) in [7, 11) is 1.49. The predicted molar refractivity (Wildman–Crippen MR) is 83.6 cm³/mol. The van der Waals surface area contributed by atoms with Gasteiger partial charge in [0.15, 0.2) is 21.7 Å². The van der Waals surface area contributed by atoms with Crippen molar-refractivity contribution in [1.29, 1.82) is 0 Å². The molecule has 4 nitrogen and oxygen atoms in total. The Balaban J connectivity index is 0.000000256. The summed E-state index contributed by atoms with van der Waals surface area (Å²) in [5, 5.41) is 1.18. The van der Waals surface area contributed by atoms with Crippen molar-refractivity contribution >= 4 is 38.7 Å². The molecule has 9 heteroatoms. The summed E-state index contributed by atoms with van der Waals surface area (Å²) in [6.07, 6.45) is 8.09. The Bertz CT molecular complexity index is 515.